The summed E-state index contributed by atoms with van der Waals surface area (Å²) in [5, 5.41) is 5.55. The lowest BCUT2D eigenvalue weighted by Crippen LogP contribution is -2.32. The van der Waals surface area contributed by atoms with Gasteiger partial charge in [0.25, 0.3) is 5.91 Å². The van der Waals surface area contributed by atoms with Crippen LogP contribution in [0.4, 0.5) is 24.8 Å². The van der Waals surface area contributed by atoms with E-state index in [4.69, 9.17) is 0 Å². The molecule has 1 aromatic carbocycles. The molecule has 0 fully saturated rings. The van der Waals surface area contributed by atoms with E-state index < -0.39 is 11.7 Å². The van der Waals surface area contributed by atoms with E-state index in [0.717, 1.165) is 18.6 Å². The fraction of sp³-hybridized carbons (Fsp3) is 0.312. The molecule has 0 saturated heterocycles. The number of carbonyl (C=O) groups is 1. The molecule has 128 valence electrons. The second-order valence-electron chi connectivity index (χ2n) is 5.25. The van der Waals surface area contributed by atoms with Crippen LogP contribution < -0.4 is 10.6 Å². The van der Waals surface area contributed by atoms with E-state index >= 15 is 0 Å². The average molecular weight is 338 g/mol. The van der Waals surface area contributed by atoms with Crippen LogP contribution in [0.15, 0.2) is 36.5 Å². The Balaban J connectivity index is 2.10. The first-order valence-electron chi connectivity index (χ1n) is 7.37. The summed E-state index contributed by atoms with van der Waals surface area (Å²) in [5.41, 5.74) is -0.169. The predicted molar refractivity (Wildman–Crippen MR) is 84.0 cm³/mol. The highest BCUT2D eigenvalue weighted by Crippen LogP contribution is 2.30. The number of alkyl halides is 3. The summed E-state index contributed by atoms with van der Waals surface area (Å²) in [6, 6.07) is 5.95. The third-order valence-corrected chi connectivity index (χ3v) is 3.35. The molecule has 2 aromatic rings. The summed E-state index contributed by atoms with van der Waals surface area (Å²) in [6.45, 7) is 3.82. The first-order chi connectivity index (χ1) is 11.3. The summed E-state index contributed by atoms with van der Waals surface area (Å²) < 4.78 is 37.6. The number of anilines is 2. The number of nitrogens with zero attached hydrogens (tertiary/aromatic N) is 2. The zero-order chi connectivity index (χ0) is 17.7. The molecule has 24 heavy (non-hydrogen) atoms. The molecule has 0 bridgehead atoms. The Labute approximate surface area is 137 Å². The second-order valence-corrected chi connectivity index (χ2v) is 5.25. The lowest BCUT2D eigenvalue weighted by atomic mass is 10.2. The Kier molecular flexibility index (Phi) is 5.38. The molecule has 0 saturated carbocycles. The monoisotopic (exact) mass is 338 g/mol. The molecule has 0 spiro atoms. The average Bonchev–Trinajstić information content (AvgIpc) is 2.54. The maximum atomic E-state index is 12.5. The van der Waals surface area contributed by atoms with Crippen molar-refractivity contribution in [2.75, 3.05) is 5.32 Å². The second kappa shape index (κ2) is 7.29. The Morgan fingerprint density at radius 3 is 2.46 bits per heavy atom. The maximum absolute atomic E-state index is 12.5. The number of halogens is 3. The Morgan fingerprint density at radius 1 is 1.21 bits per heavy atom. The summed E-state index contributed by atoms with van der Waals surface area (Å²) in [7, 11) is 0. The fourth-order valence-electron chi connectivity index (χ4n) is 1.82. The van der Waals surface area contributed by atoms with Crippen molar-refractivity contribution in [2.45, 2.75) is 32.5 Å². The minimum absolute atomic E-state index is 0.0128. The predicted octanol–water partition coefficient (Wildman–Crippen LogP) is 3.77. The van der Waals surface area contributed by atoms with E-state index in [2.05, 4.69) is 20.6 Å². The van der Waals surface area contributed by atoms with E-state index in [-0.39, 0.29) is 23.6 Å². The molecule has 8 heteroatoms. The molecular weight excluding hydrogens is 321 g/mol. The van der Waals surface area contributed by atoms with Crippen LogP contribution in [0.25, 0.3) is 0 Å². The summed E-state index contributed by atoms with van der Waals surface area (Å²) >= 11 is 0. The quantitative estimate of drug-likeness (QED) is 0.871. The topological polar surface area (TPSA) is 66.9 Å². The van der Waals surface area contributed by atoms with Gasteiger partial charge in [-0.3, -0.25) is 4.79 Å². The van der Waals surface area contributed by atoms with Gasteiger partial charge in [0.05, 0.1) is 5.56 Å². The van der Waals surface area contributed by atoms with Crippen molar-refractivity contribution in [2.24, 2.45) is 0 Å². The van der Waals surface area contributed by atoms with Crippen LogP contribution in [0.3, 0.4) is 0 Å². The highest BCUT2D eigenvalue weighted by Gasteiger charge is 2.29. The van der Waals surface area contributed by atoms with Crippen LogP contribution in [-0.4, -0.2) is 21.9 Å². The molecule has 1 atom stereocenters. The zero-order valence-electron chi connectivity index (χ0n) is 13.2. The van der Waals surface area contributed by atoms with Crippen molar-refractivity contribution in [1.29, 1.82) is 0 Å². The third kappa shape index (κ3) is 4.68. The zero-order valence-corrected chi connectivity index (χ0v) is 13.2. The van der Waals surface area contributed by atoms with Crippen LogP contribution in [0.5, 0.6) is 0 Å². The maximum Gasteiger partial charge on any atom is 0.416 e. The first kappa shape index (κ1) is 17.7. The van der Waals surface area contributed by atoms with Gasteiger partial charge in [-0.1, -0.05) is 6.92 Å². The van der Waals surface area contributed by atoms with Crippen molar-refractivity contribution in [3.63, 3.8) is 0 Å². The van der Waals surface area contributed by atoms with Gasteiger partial charge in [0.15, 0.2) is 0 Å². The van der Waals surface area contributed by atoms with E-state index in [1.165, 1.54) is 24.4 Å². The first-order valence-corrected chi connectivity index (χ1v) is 7.37. The standard InChI is InChI=1S/C16H17F3N4O/c1-3-10(2)21-14(24)13-8-9-20-15(23-13)22-12-6-4-11(5-7-12)16(17,18)19/h4-10H,3H2,1-2H3,(H,21,24)(H,20,22,23). The molecule has 0 aliphatic rings. The van der Waals surface area contributed by atoms with E-state index in [1.54, 1.807) is 0 Å². The molecule has 2 rings (SSSR count). The number of nitrogens with one attached hydrogen (secondary N) is 2. The van der Waals surface area contributed by atoms with Gasteiger partial charge in [0, 0.05) is 17.9 Å². The van der Waals surface area contributed by atoms with Gasteiger partial charge >= 0.3 is 6.18 Å². The van der Waals surface area contributed by atoms with E-state index in [0.29, 0.717) is 5.69 Å². The molecule has 1 heterocycles. The molecule has 1 amide bonds. The molecule has 1 unspecified atom stereocenters. The van der Waals surface area contributed by atoms with E-state index in [9.17, 15) is 18.0 Å². The molecule has 5 nitrogen and oxygen atoms in total. The Bertz CT molecular complexity index is 701. The van der Waals surface area contributed by atoms with Gasteiger partial charge < -0.3 is 10.6 Å². The van der Waals surface area contributed by atoms with Gasteiger partial charge in [-0.05, 0) is 43.7 Å². The molecule has 0 radical (unpaired) electrons. The molecule has 1 aromatic heterocycles. The van der Waals surface area contributed by atoms with Gasteiger partial charge in [0.1, 0.15) is 5.69 Å². The number of benzene rings is 1. The smallest absolute Gasteiger partial charge is 0.348 e. The molecule has 0 aliphatic carbocycles. The minimum Gasteiger partial charge on any atom is -0.348 e. The number of amides is 1. The number of rotatable bonds is 5. The summed E-state index contributed by atoms with van der Waals surface area (Å²) in [4.78, 5) is 20.1. The third-order valence-electron chi connectivity index (χ3n) is 3.35. The minimum atomic E-state index is -4.39. The van der Waals surface area contributed by atoms with E-state index in [1.807, 2.05) is 13.8 Å². The van der Waals surface area contributed by atoms with Crippen molar-refractivity contribution < 1.29 is 18.0 Å². The molecular formula is C16H17F3N4O. The Hall–Kier alpha value is -2.64. The van der Waals surface area contributed by atoms with Crippen LogP contribution in [0, 0.1) is 0 Å². The summed E-state index contributed by atoms with van der Waals surface area (Å²) in [5.74, 6) is -0.200. The van der Waals surface area contributed by atoms with Crippen molar-refractivity contribution in [1.82, 2.24) is 15.3 Å². The van der Waals surface area contributed by atoms with Gasteiger partial charge in [-0.15, -0.1) is 0 Å². The fourth-order valence-corrected chi connectivity index (χ4v) is 1.82. The van der Waals surface area contributed by atoms with Crippen LogP contribution >= 0.6 is 0 Å². The number of hydrogen-bond acceptors (Lipinski definition) is 4. The van der Waals surface area contributed by atoms with Crippen molar-refractivity contribution in [3.8, 4) is 0 Å². The van der Waals surface area contributed by atoms with Crippen LogP contribution in [-0.2, 0) is 6.18 Å². The number of carbonyl (C=O) groups excluding carboxylic acids is 1. The van der Waals surface area contributed by atoms with Crippen LogP contribution in [0.2, 0.25) is 0 Å². The lowest BCUT2D eigenvalue weighted by Gasteiger charge is -2.12. The van der Waals surface area contributed by atoms with Crippen molar-refractivity contribution in [3.05, 3.63) is 47.8 Å². The highest BCUT2D eigenvalue weighted by molar-refractivity contribution is 5.92. The number of aromatic nitrogens is 2. The van der Waals surface area contributed by atoms with Gasteiger partial charge in [-0.2, -0.15) is 13.2 Å². The molecule has 0 aliphatic heterocycles. The SMILES string of the molecule is CCC(C)NC(=O)c1ccnc(Nc2ccc(C(F)(F)F)cc2)n1. The Morgan fingerprint density at radius 2 is 1.88 bits per heavy atom. The molecule has 2 N–H and O–H groups in total. The van der Waals surface area contributed by atoms with Crippen molar-refractivity contribution >= 4 is 17.5 Å². The van der Waals surface area contributed by atoms with Gasteiger partial charge in [-0.25, -0.2) is 9.97 Å². The largest absolute Gasteiger partial charge is 0.416 e. The number of hydrogen-bond donors (Lipinski definition) is 2. The summed E-state index contributed by atoms with van der Waals surface area (Å²) in [6.07, 6.45) is -2.19. The van der Waals surface area contributed by atoms with Crippen LogP contribution in [0.1, 0.15) is 36.3 Å². The lowest BCUT2D eigenvalue weighted by molar-refractivity contribution is -0.137. The highest BCUT2D eigenvalue weighted by atomic mass is 19.4. The normalized spacial score (nSPS) is 12.5. The van der Waals surface area contributed by atoms with Gasteiger partial charge in [0.2, 0.25) is 5.95 Å².